The number of alkyl halides is 3. The number of pyridine rings is 1. The number of carbonyl (C=O) groups is 1. The predicted molar refractivity (Wildman–Crippen MR) is 178 cm³/mol. The van der Waals surface area contributed by atoms with E-state index in [0.29, 0.717) is 49.9 Å². The van der Waals surface area contributed by atoms with E-state index < -0.39 is 22.8 Å². The third-order valence-corrected chi connectivity index (χ3v) is 9.57. The van der Waals surface area contributed by atoms with Crippen LogP contribution in [0.4, 0.5) is 18.9 Å². The highest BCUT2D eigenvalue weighted by atomic mass is 32.2. The normalized spacial score (nSPS) is 14.2. The van der Waals surface area contributed by atoms with Gasteiger partial charge in [0, 0.05) is 57.3 Å². The number of sulfonamides is 1. The molecular weight excluding hydrogens is 659 g/mol. The Morgan fingerprint density at radius 1 is 0.898 bits per heavy atom. The first kappa shape index (κ1) is 33.8. The van der Waals surface area contributed by atoms with Crippen molar-refractivity contribution in [3.8, 4) is 17.4 Å². The fourth-order valence-corrected chi connectivity index (χ4v) is 6.56. The van der Waals surface area contributed by atoms with E-state index in [0.717, 1.165) is 22.0 Å². The van der Waals surface area contributed by atoms with Crippen LogP contribution in [-0.2, 0) is 23.6 Å². The highest BCUT2D eigenvalue weighted by Gasteiger charge is 2.28. The average molecular weight is 694 g/mol. The Hall–Kier alpha value is -5.08. The molecule has 2 aromatic heterocycles. The molecule has 14 heteroatoms. The van der Waals surface area contributed by atoms with Crippen LogP contribution in [0.25, 0.3) is 10.9 Å². The van der Waals surface area contributed by atoms with Gasteiger partial charge in [-0.3, -0.25) is 14.4 Å². The van der Waals surface area contributed by atoms with Crippen LogP contribution < -0.4 is 14.2 Å². The molecule has 0 radical (unpaired) electrons. The zero-order valence-electron chi connectivity index (χ0n) is 26.8. The molecule has 0 aliphatic carbocycles. The van der Waals surface area contributed by atoms with Gasteiger partial charge in [0.1, 0.15) is 17.2 Å². The van der Waals surface area contributed by atoms with Gasteiger partial charge in [-0.25, -0.2) is 13.4 Å². The first-order valence-electron chi connectivity index (χ1n) is 15.5. The minimum atomic E-state index is -4.39. The SMILES string of the molecule is Cc1ccc(S(=O)(=O)Nc2ccc(Oc3ccc4cc(C(=O)N5CCN(Cc6ccc(OCC(F)(F)F)cc6)CC5)n(C)c4c3)nc2)cc1. The number of anilines is 1. The van der Waals surface area contributed by atoms with E-state index in [-0.39, 0.29) is 22.4 Å². The molecule has 0 spiro atoms. The van der Waals surface area contributed by atoms with Crippen LogP contribution in [0.1, 0.15) is 21.6 Å². The zero-order chi connectivity index (χ0) is 34.8. The van der Waals surface area contributed by atoms with Gasteiger partial charge in [0.15, 0.2) is 6.61 Å². The quantitative estimate of drug-likeness (QED) is 0.181. The maximum atomic E-state index is 13.5. The maximum absolute atomic E-state index is 13.5. The summed E-state index contributed by atoms with van der Waals surface area (Å²) in [4.78, 5) is 22.0. The first-order valence-corrected chi connectivity index (χ1v) is 16.9. The van der Waals surface area contributed by atoms with Crippen molar-refractivity contribution in [3.05, 3.63) is 108 Å². The molecular formula is C35H34F3N5O5S. The minimum Gasteiger partial charge on any atom is -0.484 e. The molecule has 0 saturated carbocycles. The van der Waals surface area contributed by atoms with Crippen molar-refractivity contribution in [1.82, 2.24) is 19.4 Å². The number of hydrogen-bond acceptors (Lipinski definition) is 7. The number of halogens is 3. The van der Waals surface area contributed by atoms with E-state index in [1.54, 1.807) is 54.6 Å². The fourth-order valence-electron chi connectivity index (χ4n) is 5.52. The van der Waals surface area contributed by atoms with Crippen LogP contribution in [0.3, 0.4) is 0 Å². The molecule has 0 unspecified atom stereocenters. The number of aromatic nitrogens is 2. The van der Waals surface area contributed by atoms with Crippen molar-refractivity contribution in [2.45, 2.75) is 24.5 Å². The number of ether oxygens (including phenoxy) is 2. The second-order valence-electron chi connectivity index (χ2n) is 11.8. The van der Waals surface area contributed by atoms with E-state index in [4.69, 9.17) is 9.47 Å². The van der Waals surface area contributed by atoms with Gasteiger partial charge in [0.05, 0.1) is 22.3 Å². The molecule has 10 nitrogen and oxygen atoms in total. The van der Waals surface area contributed by atoms with E-state index in [1.165, 1.54) is 18.3 Å². The van der Waals surface area contributed by atoms with Gasteiger partial charge < -0.3 is 18.9 Å². The molecule has 6 rings (SSSR count). The van der Waals surface area contributed by atoms with Crippen molar-refractivity contribution in [1.29, 1.82) is 0 Å². The Morgan fingerprint density at radius 2 is 1.59 bits per heavy atom. The summed E-state index contributed by atoms with van der Waals surface area (Å²) in [7, 11) is -1.94. The average Bonchev–Trinajstić information content (AvgIpc) is 3.40. The maximum Gasteiger partial charge on any atom is 0.422 e. The van der Waals surface area contributed by atoms with Crippen LogP contribution in [0.5, 0.6) is 17.4 Å². The summed E-state index contributed by atoms with van der Waals surface area (Å²) in [5.41, 5.74) is 3.53. The standard InChI is InChI=1S/C35H34F3N5O5S/c1-24-3-12-30(13-4-24)49(45,46)40-27-8-14-33(39-21-27)48-29-11-7-26-19-32(41(2)31(26)20-29)34(44)43-17-15-42(16-18-43)22-25-5-9-28(10-6-25)47-23-35(36,37)38/h3-14,19-21,40H,15-18,22-23H2,1-2H3. The number of amides is 1. The third-order valence-electron chi connectivity index (χ3n) is 8.17. The minimum absolute atomic E-state index is 0.0858. The summed E-state index contributed by atoms with van der Waals surface area (Å²) in [6.07, 6.45) is -3.00. The Kier molecular flexibility index (Phi) is 9.52. The Bertz CT molecular complexity index is 2040. The van der Waals surface area contributed by atoms with Gasteiger partial charge in [-0.1, -0.05) is 29.8 Å². The molecule has 1 saturated heterocycles. The van der Waals surface area contributed by atoms with Crippen LogP contribution in [0, 0.1) is 6.92 Å². The second kappa shape index (κ2) is 13.8. The lowest BCUT2D eigenvalue weighted by atomic mass is 10.2. The summed E-state index contributed by atoms with van der Waals surface area (Å²) >= 11 is 0. The number of nitrogens with one attached hydrogen (secondary N) is 1. The molecule has 0 bridgehead atoms. The van der Waals surface area contributed by atoms with Gasteiger partial charge in [0.25, 0.3) is 15.9 Å². The molecule has 256 valence electrons. The molecule has 49 heavy (non-hydrogen) atoms. The molecule has 1 amide bonds. The summed E-state index contributed by atoms with van der Waals surface area (Å²) in [5, 5.41) is 0.869. The summed E-state index contributed by atoms with van der Waals surface area (Å²) in [6.45, 7) is 3.53. The molecule has 0 atom stereocenters. The number of aryl methyl sites for hydroxylation is 2. The summed E-state index contributed by atoms with van der Waals surface area (Å²) in [6, 6.07) is 23.6. The lowest BCUT2D eigenvalue weighted by Gasteiger charge is -2.34. The topological polar surface area (TPSA) is 106 Å². The van der Waals surface area contributed by atoms with Crippen LogP contribution in [0.2, 0.25) is 0 Å². The largest absolute Gasteiger partial charge is 0.484 e. The Balaban J connectivity index is 1.04. The monoisotopic (exact) mass is 693 g/mol. The van der Waals surface area contributed by atoms with E-state index >= 15 is 0 Å². The molecule has 3 aromatic carbocycles. The predicted octanol–water partition coefficient (Wildman–Crippen LogP) is 6.37. The van der Waals surface area contributed by atoms with Crippen LogP contribution in [-0.4, -0.2) is 72.6 Å². The van der Waals surface area contributed by atoms with Gasteiger partial charge in [-0.05, 0) is 61.0 Å². The molecule has 1 N–H and O–H groups in total. The smallest absolute Gasteiger partial charge is 0.422 e. The van der Waals surface area contributed by atoms with Gasteiger partial charge in [-0.2, -0.15) is 13.2 Å². The van der Waals surface area contributed by atoms with Crippen LogP contribution >= 0.6 is 0 Å². The number of rotatable bonds is 10. The molecule has 5 aromatic rings. The van der Waals surface area contributed by atoms with Gasteiger partial charge in [-0.15, -0.1) is 0 Å². The van der Waals surface area contributed by atoms with Crippen molar-refractivity contribution < 1.29 is 35.9 Å². The zero-order valence-corrected chi connectivity index (χ0v) is 27.6. The number of carbonyl (C=O) groups excluding carboxylic acids is 1. The second-order valence-corrected chi connectivity index (χ2v) is 13.5. The molecule has 1 aliphatic heterocycles. The fraction of sp³-hybridized carbons (Fsp3) is 0.257. The first-order chi connectivity index (χ1) is 23.3. The molecule has 1 aliphatic rings. The van der Waals surface area contributed by atoms with E-state index in [1.807, 2.05) is 41.6 Å². The van der Waals surface area contributed by atoms with Crippen molar-refractivity contribution >= 4 is 32.5 Å². The lowest BCUT2D eigenvalue weighted by molar-refractivity contribution is -0.153. The number of piperazine rings is 1. The number of hydrogen-bond donors (Lipinski definition) is 1. The summed E-state index contributed by atoms with van der Waals surface area (Å²) in [5.74, 6) is 0.851. The van der Waals surface area contributed by atoms with Gasteiger partial charge in [0.2, 0.25) is 5.88 Å². The molecule has 3 heterocycles. The van der Waals surface area contributed by atoms with Gasteiger partial charge >= 0.3 is 6.18 Å². The Labute approximate surface area is 281 Å². The Morgan fingerprint density at radius 3 is 2.24 bits per heavy atom. The highest BCUT2D eigenvalue weighted by molar-refractivity contribution is 7.92. The van der Waals surface area contributed by atoms with Crippen molar-refractivity contribution in [2.75, 3.05) is 37.5 Å². The number of benzene rings is 3. The van der Waals surface area contributed by atoms with Crippen LogP contribution in [0.15, 0.2) is 96.0 Å². The van der Waals surface area contributed by atoms with E-state index in [2.05, 4.69) is 14.6 Å². The highest BCUT2D eigenvalue weighted by Crippen LogP contribution is 2.28. The number of nitrogens with zero attached hydrogens (tertiary/aromatic N) is 4. The van der Waals surface area contributed by atoms with Crippen molar-refractivity contribution in [2.24, 2.45) is 7.05 Å². The van der Waals surface area contributed by atoms with Crippen molar-refractivity contribution in [3.63, 3.8) is 0 Å². The third kappa shape index (κ3) is 8.32. The van der Waals surface area contributed by atoms with E-state index in [9.17, 15) is 26.4 Å². The number of fused-ring (bicyclic) bond motifs is 1. The molecule has 1 fully saturated rings. The lowest BCUT2D eigenvalue weighted by Crippen LogP contribution is -2.48. The summed E-state index contributed by atoms with van der Waals surface area (Å²) < 4.78 is 77.7.